The molecule has 8 atom stereocenters. The maximum Gasteiger partial charge on any atom is 0.0743 e. The number of ether oxygens (including phenoxy) is 4. The molecule has 3 aliphatic rings. The van der Waals surface area contributed by atoms with Gasteiger partial charge in [-0.3, -0.25) is 29.0 Å². The lowest BCUT2D eigenvalue weighted by Gasteiger charge is -2.37. The maximum atomic E-state index is 7.25. The average molecular weight is 1130 g/mol. The van der Waals surface area contributed by atoms with Crippen LogP contribution in [-0.4, -0.2) is 169 Å². The van der Waals surface area contributed by atoms with Gasteiger partial charge in [-0.1, -0.05) is 130 Å². The predicted octanol–water partition coefficient (Wildman–Crippen LogP) is 13.3. The van der Waals surface area contributed by atoms with Crippen molar-refractivity contribution in [2.75, 3.05) is 80.8 Å². The number of benzene rings is 2. The molecule has 2 aromatic carbocycles. The second kappa shape index (κ2) is 33.4. The van der Waals surface area contributed by atoms with Crippen LogP contribution in [0.25, 0.3) is 0 Å². The van der Waals surface area contributed by atoms with E-state index in [0.29, 0.717) is 61.9 Å². The second-order valence-electron chi connectivity index (χ2n) is 28.0. The molecule has 0 radical (unpaired) electrons. The van der Waals surface area contributed by atoms with Gasteiger partial charge >= 0.3 is 0 Å². The van der Waals surface area contributed by atoms with E-state index in [1.165, 1.54) is 84.7 Å². The minimum atomic E-state index is 0.00550. The summed E-state index contributed by atoms with van der Waals surface area (Å²) in [6, 6.07) is 19.5. The first-order valence-electron chi connectivity index (χ1n) is 32.8. The Morgan fingerprint density at radius 1 is 0.415 bits per heavy atom. The van der Waals surface area contributed by atoms with Crippen molar-refractivity contribution >= 4 is 0 Å². The molecular weight excluding hydrogens is 1020 g/mol. The van der Waals surface area contributed by atoms with Crippen molar-refractivity contribution in [3.05, 3.63) is 107 Å². The van der Waals surface area contributed by atoms with E-state index in [0.717, 1.165) is 77.8 Å². The summed E-state index contributed by atoms with van der Waals surface area (Å²) in [4.78, 5) is 10.1. The first-order valence-corrected chi connectivity index (χ1v) is 32.8. The third-order valence-electron chi connectivity index (χ3n) is 18.4. The van der Waals surface area contributed by atoms with Crippen molar-refractivity contribution in [2.45, 2.75) is 233 Å². The van der Waals surface area contributed by atoms with E-state index in [9.17, 15) is 0 Å². The largest absolute Gasteiger partial charge is 0.376 e. The normalized spacial score (nSPS) is 26.5. The molecular formula is C70H116N8O4. The van der Waals surface area contributed by atoms with Gasteiger partial charge < -0.3 is 18.9 Å². The van der Waals surface area contributed by atoms with Gasteiger partial charge in [-0.15, -0.1) is 0 Å². The van der Waals surface area contributed by atoms with Crippen LogP contribution in [0.4, 0.5) is 0 Å². The van der Waals surface area contributed by atoms with Crippen molar-refractivity contribution in [3.8, 4) is 0 Å². The second-order valence-corrected chi connectivity index (χ2v) is 28.0. The molecule has 1 saturated heterocycles. The van der Waals surface area contributed by atoms with Crippen LogP contribution in [-0.2, 0) is 44.9 Å². The molecule has 0 spiro atoms. The summed E-state index contributed by atoms with van der Waals surface area (Å²) < 4.78 is 32.6. The average Bonchev–Trinajstić information content (AvgIpc) is 4.41. The molecule has 82 heavy (non-hydrogen) atoms. The Kier molecular flexibility index (Phi) is 26.9. The zero-order valence-corrected chi connectivity index (χ0v) is 54.2. The number of aromatic nitrogens is 4. The van der Waals surface area contributed by atoms with Gasteiger partial charge in [0.2, 0.25) is 0 Å². The maximum absolute atomic E-state index is 7.25. The Bertz CT molecular complexity index is 2170. The Morgan fingerprint density at radius 3 is 1.02 bits per heavy atom. The molecule has 3 heterocycles. The van der Waals surface area contributed by atoms with Crippen molar-refractivity contribution in [2.24, 2.45) is 23.7 Å². The summed E-state index contributed by atoms with van der Waals surface area (Å²) in [5.74, 6) is 3.46. The van der Waals surface area contributed by atoms with Crippen LogP contribution < -0.4 is 0 Å². The fraction of sp³-hybridized carbons (Fsp3) is 0.743. The molecule has 4 aromatic rings. The minimum absolute atomic E-state index is 0.00550. The van der Waals surface area contributed by atoms with Crippen LogP contribution in [0, 0.1) is 23.7 Å². The summed E-state index contributed by atoms with van der Waals surface area (Å²) >= 11 is 0. The van der Waals surface area contributed by atoms with E-state index in [1.54, 1.807) is 0 Å². The van der Waals surface area contributed by atoms with E-state index in [4.69, 9.17) is 29.1 Å². The number of rotatable bonds is 18. The Balaban J connectivity index is 1.09. The lowest BCUT2D eigenvalue weighted by atomic mass is 10.0. The molecule has 1 aliphatic heterocycles. The lowest BCUT2D eigenvalue weighted by Crippen LogP contribution is -2.47. The minimum Gasteiger partial charge on any atom is -0.376 e. The van der Waals surface area contributed by atoms with Gasteiger partial charge in [0.1, 0.15) is 0 Å². The van der Waals surface area contributed by atoms with Gasteiger partial charge in [-0.2, -0.15) is 10.2 Å². The number of hydrogen-bond donors (Lipinski definition) is 0. The molecule has 12 nitrogen and oxygen atoms in total. The quantitative estimate of drug-likeness (QED) is 0.0960. The van der Waals surface area contributed by atoms with Gasteiger partial charge in [0.25, 0.3) is 0 Å². The molecule has 2 saturated carbocycles. The summed E-state index contributed by atoms with van der Waals surface area (Å²) in [7, 11) is 9.17. The van der Waals surface area contributed by atoms with Gasteiger partial charge in [-0.05, 0) is 175 Å². The zero-order chi connectivity index (χ0) is 58.7. The zero-order valence-electron chi connectivity index (χ0n) is 54.2. The SMILES string of the molecule is CC(C)C[C@H]1CO[C@H](C)CN(C)[C@@H](CC(C)C)CO[C@H](Cc2ccc(Cn3cc(C4CCCC4)cn3)cc2)CN(C)[C@@H](CC(C)C)CO[C@H](C)CN(C)[C@@H](CC(C)C)CO[C@H](Cc2ccc(Cn3cc(C4CCCC4)cn3)cc2)CN1C. The Hall–Kier alpha value is -3.46. The van der Waals surface area contributed by atoms with Crippen LogP contribution in [0.15, 0.2) is 73.3 Å². The molecule has 0 bridgehead atoms. The van der Waals surface area contributed by atoms with Crippen LogP contribution in [0.3, 0.4) is 0 Å². The van der Waals surface area contributed by atoms with E-state index in [1.807, 2.05) is 0 Å². The Labute approximate surface area is 499 Å². The van der Waals surface area contributed by atoms with Crippen LogP contribution >= 0.6 is 0 Å². The van der Waals surface area contributed by atoms with Gasteiger partial charge in [0, 0.05) is 62.7 Å². The summed E-state index contributed by atoms with van der Waals surface area (Å²) in [5, 5.41) is 9.56. The topological polar surface area (TPSA) is 85.5 Å². The first kappa shape index (κ1) is 66.1. The van der Waals surface area contributed by atoms with Crippen LogP contribution in [0.2, 0.25) is 0 Å². The molecule has 0 amide bonds. The van der Waals surface area contributed by atoms with Gasteiger partial charge in [0.05, 0.1) is 76.3 Å². The molecule has 3 fully saturated rings. The first-order chi connectivity index (χ1) is 39.3. The highest BCUT2D eigenvalue weighted by molar-refractivity contribution is 5.25. The van der Waals surface area contributed by atoms with Crippen molar-refractivity contribution < 1.29 is 18.9 Å². The smallest absolute Gasteiger partial charge is 0.0743 e. The highest BCUT2D eigenvalue weighted by Crippen LogP contribution is 2.35. The molecule has 7 rings (SSSR count). The van der Waals surface area contributed by atoms with Crippen LogP contribution in [0.1, 0.15) is 192 Å². The van der Waals surface area contributed by atoms with Crippen molar-refractivity contribution in [1.29, 1.82) is 0 Å². The molecule has 12 heteroatoms. The van der Waals surface area contributed by atoms with Crippen molar-refractivity contribution in [3.63, 3.8) is 0 Å². The van der Waals surface area contributed by atoms with Crippen LogP contribution in [0.5, 0.6) is 0 Å². The van der Waals surface area contributed by atoms with E-state index in [2.05, 4.69) is 200 Å². The molecule has 0 unspecified atom stereocenters. The summed E-state index contributed by atoms with van der Waals surface area (Å²) in [6.45, 7) is 30.9. The number of likely N-dealkylation sites (N-methyl/N-ethyl adjacent to an activating group) is 4. The fourth-order valence-electron chi connectivity index (χ4n) is 13.6. The third kappa shape index (κ3) is 22.1. The van der Waals surface area contributed by atoms with E-state index in [-0.39, 0.29) is 48.6 Å². The highest BCUT2D eigenvalue weighted by atomic mass is 16.5. The summed E-state index contributed by atoms with van der Waals surface area (Å²) in [6.07, 6.45) is 25.3. The van der Waals surface area contributed by atoms with Gasteiger partial charge in [-0.25, -0.2) is 0 Å². The monoisotopic (exact) mass is 1130 g/mol. The van der Waals surface area contributed by atoms with Gasteiger partial charge in [0.15, 0.2) is 0 Å². The van der Waals surface area contributed by atoms with E-state index < -0.39 is 0 Å². The van der Waals surface area contributed by atoms with Crippen molar-refractivity contribution in [1.82, 2.24) is 39.2 Å². The lowest BCUT2D eigenvalue weighted by molar-refractivity contribution is -0.0536. The summed E-state index contributed by atoms with van der Waals surface area (Å²) in [5.41, 5.74) is 7.98. The Morgan fingerprint density at radius 2 is 0.707 bits per heavy atom. The number of nitrogens with zero attached hydrogens (tertiary/aromatic N) is 8. The molecule has 460 valence electrons. The molecule has 0 N–H and O–H groups in total. The standard InChI is InChI=1S/C70H116N8O4/c1-51(2)31-65-47-79-55(9)39-73(11)68(34-54(7)8)50-82-70(36-58-25-29-60(30-26-58)42-78-44-64(38-72-78)62-21-17-18-22-62)46-76(14)66(32-52(3)4)48-80-56(10)40-74(12)67(33-53(5)6)49-81-69(45-75(65)13)35-57-23-27-59(28-24-57)41-77-43-63(37-71-77)61-19-15-16-20-61/h23-30,37-38,43-44,51-56,61-62,65-70H,15-22,31-36,39-42,45-50H2,1-14H3/t55-,56-,65+,66+,67+,68+,69-,70-/m1/s1. The highest BCUT2D eigenvalue weighted by Gasteiger charge is 2.29. The molecule has 2 aliphatic carbocycles. The van der Waals surface area contributed by atoms with E-state index >= 15 is 0 Å². The third-order valence-corrected chi connectivity index (χ3v) is 18.4. The predicted molar refractivity (Wildman–Crippen MR) is 339 cm³/mol. The number of hydrogen-bond acceptors (Lipinski definition) is 10. The molecule has 2 aromatic heterocycles. The fourth-order valence-corrected chi connectivity index (χ4v) is 13.6.